The lowest BCUT2D eigenvalue weighted by molar-refractivity contribution is 0.100. The number of carbonyl (C=O) groups is 1. The highest BCUT2D eigenvalue weighted by atomic mass is 35.5. The van der Waals surface area contributed by atoms with Crippen molar-refractivity contribution in [1.82, 2.24) is 20.2 Å². The highest BCUT2D eigenvalue weighted by Gasteiger charge is 2.27. The van der Waals surface area contributed by atoms with Crippen LogP contribution in [0.5, 0.6) is 5.75 Å². The number of benzene rings is 2. The SMILES string of the molecule is C[C@H](Oc1cc(-c2[nH]nc(Nc3cnccn3)c2C(N)=O)ccc1NS(=O)(=O)C(F)F)c1ccc(Cl)cc1. The zero-order valence-corrected chi connectivity index (χ0v) is 21.1. The van der Waals surface area contributed by atoms with E-state index in [1.54, 1.807) is 31.2 Å². The first kappa shape index (κ1) is 26.8. The number of ether oxygens (including phenoxy) is 1. The lowest BCUT2D eigenvalue weighted by Crippen LogP contribution is -2.21. The molecule has 0 aliphatic rings. The average Bonchev–Trinajstić information content (AvgIpc) is 3.29. The number of amides is 1. The quantitative estimate of drug-likeness (QED) is 0.219. The van der Waals surface area contributed by atoms with E-state index in [0.29, 0.717) is 22.0 Å². The summed E-state index contributed by atoms with van der Waals surface area (Å²) in [5, 5.41) is 10.1. The number of halogens is 3. The standard InChI is InChI=1S/C23H20ClF2N7O4S/c1-12(13-2-5-15(24)6-3-13)37-17-10-14(4-7-16(17)33-38(35,36)23(25)26)20-19(21(27)34)22(32-31-20)30-18-11-28-8-9-29-18/h2-12,23,33H,1H3,(H2,27,34)(H2,29,30,31,32)/t12-/m0/s1. The summed E-state index contributed by atoms with van der Waals surface area (Å²) in [5.41, 5.74) is 6.48. The second-order valence-corrected chi connectivity index (χ2v) is 9.92. The molecule has 2 aromatic carbocycles. The molecule has 2 heterocycles. The lowest BCUT2D eigenvalue weighted by atomic mass is 10.1. The molecule has 0 saturated heterocycles. The van der Waals surface area contributed by atoms with Crippen LogP contribution in [0.1, 0.15) is 28.9 Å². The summed E-state index contributed by atoms with van der Waals surface area (Å²) in [6.45, 7) is 1.68. The number of carbonyl (C=O) groups excluding carboxylic acids is 1. The van der Waals surface area contributed by atoms with Crippen molar-refractivity contribution in [2.45, 2.75) is 18.8 Å². The van der Waals surface area contributed by atoms with Crippen molar-refractivity contribution in [2.24, 2.45) is 5.73 Å². The van der Waals surface area contributed by atoms with Crippen molar-refractivity contribution in [1.29, 1.82) is 0 Å². The predicted octanol–water partition coefficient (Wildman–Crippen LogP) is 4.47. The second kappa shape index (κ2) is 11.0. The van der Waals surface area contributed by atoms with Crippen molar-refractivity contribution < 1.29 is 26.7 Å². The summed E-state index contributed by atoms with van der Waals surface area (Å²) in [4.78, 5) is 20.3. The number of nitrogens with zero attached hydrogens (tertiary/aromatic N) is 3. The van der Waals surface area contributed by atoms with E-state index in [4.69, 9.17) is 22.1 Å². The number of aromatic nitrogens is 4. The Morgan fingerprint density at radius 1 is 1.16 bits per heavy atom. The Balaban J connectivity index is 1.76. The van der Waals surface area contributed by atoms with Gasteiger partial charge in [-0.15, -0.1) is 0 Å². The molecule has 38 heavy (non-hydrogen) atoms. The van der Waals surface area contributed by atoms with E-state index >= 15 is 0 Å². The highest BCUT2D eigenvalue weighted by molar-refractivity contribution is 7.93. The van der Waals surface area contributed by atoms with E-state index in [0.717, 1.165) is 0 Å². The Kier molecular flexibility index (Phi) is 7.73. The van der Waals surface area contributed by atoms with Gasteiger partial charge in [0.05, 0.1) is 17.6 Å². The fourth-order valence-corrected chi connectivity index (χ4v) is 4.11. The number of hydrogen-bond acceptors (Lipinski definition) is 8. The molecule has 0 bridgehead atoms. The molecular weight excluding hydrogens is 544 g/mol. The number of nitrogens with two attached hydrogens (primary N) is 1. The number of nitrogens with one attached hydrogen (secondary N) is 3. The van der Waals surface area contributed by atoms with Gasteiger partial charge in [-0.2, -0.15) is 13.9 Å². The molecule has 1 amide bonds. The van der Waals surface area contributed by atoms with Crippen molar-refractivity contribution in [3.8, 4) is 17.0 Å². The number of H-pyrrole nitrogens is 1. The monoisotopic (exact) mass is 563 g/mol. The van der Waals surface area contributed by atoms with Gasteiger partial charge in [0, 0.05) is 23.0 Å². The minimum Gasteiger partial charge on any atom is -0.484 e. The molecule has 0 unspecified atom stereocenters. The average molecular weight is 564 g/mol. The van der Waals surface area contributed by atoms with Gasteiger partial charge in [-0.25, -0.2) is 13.4 Å². The maximum atomic E-state index is 13.1. The summed E-state index contributed by atoms with van der Waals surface area (Å²) >= 11 is 5.94. The number of alkyl halides is 2. The van der Waals surface area contributed by atoms with Gasteiger partial charge < -0.3 is 15.8 Å². The number of sulfonamides is 1. The van der Waals surface area contributed by atoms with Gasteiger partial charge in [-0.05, 0) is 36.8 Å². The minimum atomic E-state index is -5.01. The third-order valence-electron chi connectivity index (χ3n) is 5.22. The van der Waals surface area contributed by atoms with Crippen molar-refractivity contribution in [3.63, 3.8) is 0 Å². The van der Waals surface area contributed by atoms with Gasteiger partial charge in [-0.3, -0.25) is 19.6 Å². The van der Waals surface area contributed by atoms with Crippen LogP contribution >= 0.6 is 11.6 Å². The summed E-state index contributed by atoms with van der Waals surface area (Å²) in [7, 11) is -5.01. The van der Waals surface area contributed by atoms with Crippen LogP contribution in [-0.2, 0) is 10.0 Å². The first-order chi connectivity index (χ1) is 18.0. The molecule has 11 nitrogen and oxygen atoms in total. The van der Waals surface area contributed by atoms with E-state index < -0.39 is 27.8 Å². The van der Waals surface area contributed by atoms with Crippen molar-refractivity contribution >= 4 is 44.9 Å². The fourth-order valence-electron chi connectivity index (χ4n) is 3.42. The number of primary amides is 1. The van der Waals surface area contributed by atoms with Gasteiger partial charge >= 0.3 is 5.76 Å². The maximum absolute atomic E-state index is 13.1. The molecule has 198 valence electrons. The first-order valence-corrected chi connectivity index (χ1v) is 12.7. The molecule has 0 aliphatic carbocycles. The molecule has 15 heteroatoms. The Morgan fingerprint density at radius 3 is 2.53 bits per heavy atom. The van der Waals surface area contributed by atoms with Gasteiger partial charge in [0.1, 0.15) is 23.2 Å². The van der Waals surface area contributed by atoms with Crippen LogP contribution in [0, 0.1) is 0 Å². The molecule has 4 aromatic rings. The fraction of sp³-hybridized carbons (Fsp3) is 0.130. The molecule has 0 saturated carbocycles. The van der Waals surface area contributed by atoms with Crippen LogP contribution in [0.25, 0.3) is 11.3 Å². The highest BCUT2D eigenvalue weighted by Crippen LogP contribution is 2.37. The molecule has 0 fully saturated rings. The van der Waals surface area contributed by atoms with Crippen LogP contribution in [-0.4, -0.2) is 40.2 Å². The third-order valence-corrected chi connectivity index (χ3v) is 6.45. The van der Waals surface area contributed by atoms with Crippen LogP contribution in [0.3, 0.4) is 0 Å². The molecule has 0 radical (unpaired) electrons. The van der Waals surface area contributed by atoms with E-state index in [2.05, 4.69) is 25.5 Å². The third kappa shape index (κ3) is 5.98. The number of rotatable bonds is 10. The zero-order chi connectivity index (χ0) is 27.4. The Hall–Kier alpha value is -4.30. The zero-order valence-electron chi connectivity index (χ0n) is 19.5. The lowest BCUT2D eigenvalue weighted by Gasteiger charge is -2.19. The van der Waals surface area contributed by atoms with Crippen LogP contribution in [0.2, 0.25) is 5.02 Å². The maximum Gasteiger partial charge on any atom is 0.355 e. The Morgan fingerprint density at radius 2 is 1.89 bits per heavy atom. The molecule has 1 atom stereocenters. The molecule has 0 spiro atoms. The topological polar surface area (TPSA) is 165 Å². The van der Waals surface area contributed by atoms with Crippen molar-refractivity contribution in [2.75, 3.05) is 10.0 Å². The number of anilines is 3. The Bertz CT molecular complexity index is 1550. The van der Waals surface area contributed by atoms with Crippen LogP contribution < -0.4 is 20.5 Å². The molecule has 0 aliphatic heterocycles. The predicted molar refractivity (Wildman–Crippen MR) is 137 cm³/mol. The molecule has 5 N–H and O–H groups in total. The van der Waals surface area contributed by atoms with Gasteiger partial charge in [0.15, 0.2) is 5.82 Å². The summed E-state index contributed by atoms with van der Waals surface area (Å²) in [6, 6.07) is 10.7. The number of hydrogen-bond donors (Lipinski definition) is 4. The van der Waals surface area contributed by atoms with E-state index in [1.165, 1.54) is 36.8 Å². The van der Waals surface area contributed by atoms with E-state index in [1.807, 2.05) is 4.72 Å². The van der Waals surface area contributed by atoms with Gasteiger partial charge in [0.2, 0.25) is 0 Å². The van der Waals surface area contributed by atoms with Gasteiger partial charge in [0.25, 0.3) is 15.9 Å². The first-order valence-electron chi connectivity index (χ1n) is 10.8. The second-order valence-electron chi connectivity index (χ2n) is 7.83. The van der Waals surface area contributed by atoms with E-state index in [-0.39, 0.29) is 28.5 Å². The van der Waals surface area contributed by atoms with E-state index in [9.17, 15) is 22.0 Å². The molecule has 4 rings (SSSR count). The Labute approximate surface area is 220 Å². The summed E-state index contributed by atoms with van der Waals surface area (Å²) < 4.78 is 57.7. The summed E-state index contributed by atoms with van der Waals surface area (Å²) in [6.07, 6.45) is 3.66. The smallest absolute Gasteiger partial charge is 0.355 e. The largest absolute Gasteiger partial charge is 0.484 e. The van der Waals surface area contributed by atoms with Gasteiger partial charge in [-0.1, -0.05) is 29.8 Å². The summed E-state index contributed by atoms with van der Waals surface area (Å²) in [5.74, 6) is -4.24. The van der Waals surface area contributed by atoms with Crippen LogP contribution in [0.4, 0.5) is 26.1 Å². The number of aromatic amines is 1. The molecular formula is C23H20ClF2N7O4S. The van der Waals surface area contributed by atoms with Crippen molar-refractivity contribution in [3.05, 3.63) is 77.2 Å². The van der Waals surface area contributed by atoms with Crippen LogP contribution in [0.15, 0.2) is 61.1 Å². The molecule has 2 aromatic heterocycles. The minimum absolute atomic E-state index is 0.0340. The normalized spacial score (nSPS) is 12.2.